The minimum Gasteiger partial charge on any atom is -0.496 e. The summed E-state index contributed by atoms with van der Waals surface area (Å²) in [7, 11) is 1.63. The number of hydrogen-bond acceptors (Lipinski definition) is 3. The molecule has 2 aliphatic rings. The lowest BCUT2D eigenvalue weighted by Crippen LogP contribution is -2.45. The van der Waals surface area contributed by atoms with E-state index in [1.54, 1.807) is 7.11 Å². The van der Waals surface area contributed by atoms with Crippen LogP contribution >= 0.6 is 0 Å². The molecule has 142 valence electrons. The summed E-state index contributed by atoms with van der Waals surface area (Å²) in [6.45, 7) is 5.49. The second-order valence-electron chi connectivity index (χ2n) is 7.81. The van der Waals surface area contributed by atoms with Gasteiger partial charge in [0.05, 0.1) is 13.0 Å². The molecule has 26 heavy (non-hydrogen) atoms. The molecule has 1 saturated carbocycles. The van der Waals surface area contributed by atoms with E-state index in [-0.39, 0.29) is 17.7 Å². The van der Waals surface area contributed by atoms with Crippen LogP contribution in [0.1, 0.15) is 45.1 Å². The van der Waals surface area contributed by atoms with Crippen molar-refractivity contribution in [2.24, 2.45) is 17.8 Å². The quantitative estimate of drug-likeness (QED) is 0.880. The minimum atomic E-state index is -0.248. The molecule has 1 heterocycles. The summed E-state index contributed by atoms with van der Waals surface area (Å²) < 4.78 is 5.32. The lowest BCUT2D eigenvalue weighted by atomic mass is 9.77. The maximum Gasteiger partial charge on any atom is 0.225 e. The summed E-state index contributed by atoms with van der Waals surface area (Å²) >= 11 is 0. The molecule has 0 spiro atoms. The van der Waals surface area contributed by atoms with E-state index in [2.05, 4.69) is 19.2 Å². The molecule has 1 saturated heterocycles. The molecule has 2 amide bonds. The largest absolute Gasteiger partial charge is 0.496 e. The van der Waals surface area contributed by atoms with Crippen LogP contribution in [0.25, 0.3) is 0 Å². The summed E-state index contributed by atoms with van der Waals surface area (Å²) in [5, 5.41) is 2.98. The lowest BCUT2D eigenvalue weighted by molar-refractivity contribution is -0.132. The highest BCUT2D eigenvalue weighted by Gasteiger charge is 2.41. The number of nitrogens with one attached hydrogen (secondary N) is 1. The van der Waals surface area contributed by atoms with Crippen molar-refractivity contribution in [1.82, 2.24) is 10.2 Å². The number of carbonyl (C=O) groups excluding carboxylic acids is 2. The Hall–Kier alpha value is -2.04. The predicted molar refractivity (Wildman–Crippen MR) is 101 cm³/mol. The van der Waals surface area contributed by atoms with Gasteiger partial charge in [-0.2, -0.15) is 0 Å². The molecule has 1 aromatic carbocycles. The van der Waals surface area contributed by atoms with Crippen molar-refractivity contribution in [2.45, 2.75) is 52.1 Å². The first kappa shape index (κ1) is 18.7. The van der Waals surface area contributed by atoms with Crippen molar-refractivity contribution >= 4 is 11.8 Å². The van der Waals surface area contributed by atoms with Gasteiger partial charge in [0.1, 0.15) is 5.75 Å². The molecule has 2 fully saturated rings. The van der Waals surface area contributed by atoms with Crippen molar-refractivity contribution < 1.29 is 14.3 Å². The normalized spacial score (nSPS) is 28.9. The average Bonchev–Trinajstić information content (AvgIpc) is 3.04. The summed E-state index contributed by atoms with van der Waals surface area (Å²) in [4.78, 5) is 27.1. The van der Waals surface area contributed by atoms with Crippen LogP contribution in [0.4, 0.5) is 0 Å². The van der Waals surface area contributed by atoms with E-state index in [0.717, 1.165) is 17.7 Å². The number of likely N-dealkylation sites (tertiary alicyclic amines) is 1. The first-order chi connectivity index (χ1) is 12.5. The smallest absolute Gasteiger partial charge is 0.225 e. The summed E-state index contributed by atoms with van der Waals surface area (Å²) in [6, 6.07) is 7.95. The van der Waals surface area contributed by atoms with Gasteiger partial charge in [-0.15, -0.1) is 0 Å². The van der Waals surface area contributed by atoms with E-state index in [1.165, 1.54) is 12.8 Å². The van der Waals surface area contributed by atoms with Gasteiger partial charge >= 0.3 is 0 Å². The fourth-order valence-electron chi connectivity index (χ4n) is 4.40. The molecule has 1 aromatic rings. The second kappa shape index (κ2) is 8.11. The van der Waals surface area contributed by atoms with E-state index in [9.17, 15) is 9.59 Å². The van der Waals surface area contributed by atoms with Crippen molar-refractivity contribution in [2.75, 3.05) is 13.7 Å². The first-order valence-electron chi connectivity index (χ1n) is 9.70. The third-order valence-electron chi connectivity index (χ3n) is 6.24. The average molecular weight is 358 g/mol. The number of rotatable bonds is 5. The van der Waals surface area contributed by atoms with Crippen molar-refractivity contribution in [3.63, 3.8) is 0 Å². The summed E-state index contributed by atoms with van der Waals surface area (Å²) in [5.74, 6) is 1.75. The number of hydrogen-bond donors (Lipinski definition) is 1. The molecule has 5 heteroatoms. The Bertz CT molecular complexity index is 660. The van der Waals surface area contributed by atoms with Gasteiger partial charge in [-0.25, -0.2) is 0 Å². The minimum absolute atomic E-state index is 0.0386. The Labute approximate surface area is 156 Å². The van der Waals surface area contributed by atoms with Crippen molar-refractivity contribution in [1.29, 1.82) is 0 Å². The SMILES string of the molecule is COc1ccccc1CNC(=O)[C@@H]1CC(=O)N([C@H]2CCC[C@H](C)[C@H]2C)C1. The summed E-state index contributed by atoms with van der Waals surface area (Å²) in [6.07, 6.45) is 3.80. The zero-order valence-electron chi connectivity index (χ0n) is 16.0. The Kier molecular flexibility index (Phi) is 5.84. The molecule has 1 aliphatic carbocycles. The third kappa shape index (κ3) is 3.87. The maximum atomic E-state index is 12.6. The Morgan fingerprint density at radius 2 is 2.04 bits per heavy atom. The van der Waals surface area contributed by atoms with Crippen LogP contribution in [0.15, 0.2) is 24.3 Å². The molecule has 5 nitrogen and oxygen atoms in total. The van der Waals surface area contributed by atoms with E-state index >= 15 is 0 Å². The van der Waals surface area contributed by atoms with Gasteiger partial charge in [0.15, 0.2) is 0 Å². The Morgan fingerprint density at radius 1 is 1.27 bits per heavy atom. The van der Waals surface area contributed by atoms with Gasteiger partial charge < -0.3 is 15.0 Å². The van der Waals surface area contributed by atoms with Crippen LogP contribution < -0.4 is 10.1 Å². The highest BCUT2D eigenvalue weighted by molar-refractivity contribution is 5.89. The highest BCUT2D eigenvalue weighted by Crippen LogP contribution is 2.35. The van der Waals surface area contributed by atoms with Gasteiger partial charge in [0, 0.05) is 31.1 Å². The number of ether oxygens (including phenoxy) is 1. The predicted octanol–water partition coefficient (Wildman–Crippen LogP) is 2.98. The van der Waals surface area contributed by atoms with E-state index in [1.807, 2.05) is 29.2 Å². The molecule has 1 N–H and O–H groups in total. The molecule has 0 unspecified atom stereocenters. The van der Waals surface area contributed by atoms with Gasteiger partial charge in [-0.05, 0) is 24.3 Å². The molecule has 4 atom stereocenters. The first-order valence-corrected chi connectivity index (χ1v) is 9.70. The molecular weight excluding hydrogens is 328 g/mol. The zero-order chi connectivity index (χ0) is 18.7. The molecule has 0 radical (unpaired) electrons. The van der Waals surface area contributed by atoms with Gasteiger partial charge in [-0.3, -0.25) is 9.59 Å². The van der Waals surface area contributed by atoms with Gasteiger partial charge in [0.25, 0.3) is 0 Å². The Balaban J connectivity index is 1.58. The molecule has 1 aliphatic heterocycles. The maximum absolute atomic E-state index is 12.6. The topological polar surface area (TPSA) is 58.6 Å². The van der Waals surface area contributed by atoms with Crippen LogP contribution in [-0.2, 0) is 16.1 Å². The number of methoxy groups -OCH3 is 1. The van der Waals surface area contributed by atoms with E-state index in [4.69, 9.17) is 4.74 Å². The standard InChI is InChI=1S/C21H30N2O3/c1-14-7-6-9-18(15(14)2)23-13-17(11-20(23)24)21(25)22-12-16-8-4-5-10-19(16)26-3/h4-5,8,10,14-15,17-18H,6-7,9,11-13H2,1-3H3,(H,22,25)/t14-,15+,17+,18-/m0/s1. The van der Waals surface area contributed by atoms with Crippen LogP contribution in [0.2, 0.25) is 0 Å². The summed E-state index contributed by atoms with van der Waals surface area (Å²) in [5.41, 5.74) is 0.944. The fourth-order valence-corrected chi connectivity index (χ4v) is 4.40. The number of amides is 2. The van der Waals surface area contributed by atoms with Crippen LogP contribution in [-0.4, -0.2) is 36.4 Å². The number of nitrogens with zero attached hydrogens (tertiary/aromatic N) is 1. The van der Waals surface area contributed by atoms with Crippen LogP contribution in [0, 0.1) is 17.8 Å². The van der Waals surface area contributed by atoms with Crippen LogP contribution in [0.3, 0.4) is 0 Å². The molecule has 0 bridgehead atoms. The van der Waals surface area contributed by atoms with Crippen LogP contribution in [0.5, 0.6) is 5.75 Å². The lowest BCUT2D eigenvalue weighted by Gasteiger charge is -2.40. The zero-order valence-corrected chi connectivity index (χ0v) is 16.0. The van der Waals surface area contributed by atoms with Crippen molar-refractivity contribution in [3.8, 4) is 5.75 Å². The fraction of sp³-hybridized carbons (Fsp3) is 0.619. The van der Waals surface area contributed by atoms with Gasteiger partial charge in [-0.1, -0.05) is 44.9 Å². The van der Waals surface area contributed by atoms with Gasteiger partial charge in [0.2, 0.25) is 11.8 Å². The van der Waals surface area contributed by atoms with E-state index in [0.29, 0.717) is 37.4 Å². The number of benzene rings is 1. The molecular formula is C21H30N2O3. The molecule has 3 rings (SSSR count). The van der Waals surface area contributed by atoms with Crippen molar-refractivity contribution in [3.05, 3.63) is 29.8 Å². The number of para-hydroxylation sites is 1. The van der Waals surface area contributed by atoms with E-state index < -0.39 is 0 Å². The Morgan fingerprint density at radius 3 is 2.81 bits per heavy atom. The highest BCUT2D eigenvalue weighted by atomic mass is 16.5. The second-order valence-corrected chi connectivity index (χ2v) is 7.81. The molecule has 0 aromatic heterocycles. The number of carbonyl (C=O) groups is 2. The third-order valence-corrected chi connectivity index (χ3v) is 6.24. The monoisotopic (exact) mass is 358 g/mol.